The fourth-order valence-corrected chi connectivity index (χ4v) is 1.56. The van der Waals surface area contributed by atoms with Gasteiger partial charge in [-0.2, -0.15) is 0 Å². The zero-order valence-electron chi connectivity index (χ0n) is 8.35. The summed E-state index contributed by atoms with van der Waals surface area (Å²) in [5.41, 5.74) is 0.736. The average molecular weight is 248 g/mol. The van der Waals surface area contributed by atoms with Gasteiger partial charge in [-0.3, -0.25) is 9.79 Å². The van der Waals surface area contributed by atoms with E-state index in [2.05, 4.69) is 4.52 Å². The lowest BCUT2D eigenvalue weighted by Crippen LogP contribution is -2.14. The summed E-state index contributed by atoms with van der Waals surface area (Å²) >= 11 is 0. The molecule has 0 aliphatic rings. The molecule has 0 aromatic heterocycles. The standard InChI is InChI=1S/C9H13O6P/c10-6-8(11)5-7-1-3-9(4-2-7)15-16(12,13)14/h1-4,8,10-11H,5-6H2,(H2,12,13,14). The summed E-state index contributed by atoms with van der Waals surface area (Å²) in [5, 5.41) is 17.8. The molecule has 16 heavy (non-hydrogen) atoms. The molecule has 0 aliphatic carbocycles. The topological polar surface area (TPSA) is 107 Å². The highest BCUT2D eigenvalue weighted by molar-refractivity contribution is 7.46. The molecule has 6 nitrogen and oxygen atoms in total. The van der Waals surface area contributed by atoms with E-state index in [4.69, 9.17) is 20.0 Å². The van der Waals surface area contributed by atoms with Crippen LogP contribution in [-0.2, 0) is 11.0 Å². The van der Waals surface area contributed by atoms with E-state index in [0.717, 1.165) is 5.56 Å². The highest BCUT2D eigenvalue weighted by Gasteiger charge is 2.15. The predicted octanol–water partition coefficient (Wildman–Crippen LogP) is 0.0538. The zero-order chi connectivity index (χ0) is 12.2. The lowest BCUT2D eigenvalue weighted by molar-refractivity contribution is 0.0955. The van der Waals surface area contributed by atoms with E-state index in [9.17, 15) is 4.57 Å². The van der Waals surface area contributed by atoms with Gasteiger partial charge in [0, 0.05) is 6.42 Å². The minimum atomic E-state index is -4.53. The van der Waals surface area contributed by atoms with Crippen molar-refractivity contribution in [1.82, 2.24) is 0 Å². The monoisotopic (exact) mass is 248 g/mol. The summed E-state index contributed by atoms with van der Waals surface area (Å²) in [6.45, 7) is -0.333. The molecule has 0 bridgehead atoms. The molecule has 0 aliphatic heterocycles. The Morgan fingerprint density at radius 3 is 2.25 bits per heavy atom. The number of aliphatic hydroxyl groups is 2. The van der Waals surface area contributed by atoms with Gasteiger partial charge in [-0.25, -0.2) is 4.57 Å². The van der Waals surface area contributed by atoms with Gasteiger partial charge in [0.1, 0.15) is 5.75 Å². The van der Waals surface area contributed by atoms with E-state index in [1.165, 1.54) is 12.1 Å². The van der Waals surface area contributed by atoms with Crippen molar-refractivity contribution in [2.24, 2.45) is 0 Å². The Bertz CT molecular complexity index is 370. The first kappa shape index (κ1) is 13.2. The van der Waals surface area contributed by atoms with Crippen LogP contribution >= 0.6 is 7.82 Å². The third kappa shape index (κ3) is 4.74. The highest BCUT2D eigenvalue weighted by Crippen LogP contribution is 2.37. The van der Waals surface area contributed by atoms with Crippen LogP contribution in [0.3, 0.4) is 0 Å². The number of hydrogen-bond donors (Lipinski definition) is 4. The Balaban J connectivity index is 2.64. The molecule has 0 radical (unpaired) electrons. The number of rotatable bonds is 5. The largest absolute Gasteiger partial charge is 0.524 e. The second kappa shape index (κ2) is 5.43. The van der Waals surface area contributed by atoms with Crippen LogP contribution in [-0.4, -0.2) is 32.7 Å². The first-order valence-corrected chi connectivity index (χ1v) is 6.07. The number of benzene rings is 1. The fourth-order valence-electron chi connectivity index (χ4n) is 1.16. The third-order valence-electron chi connectivity index (χ3n) is 1.83. The maximum Gasteiger partial charge on any atom is 0.524 e. The van der Waals surface area contributed by atoms with E-state index in [0.29, 0.717) is 0 Å². The molecular formula is C9H13O6P. The SMILES string of the molecule is O=P(O)(O)Oc1ccc(CC(O)CO)cc1. The minimum Gasteiger partial charge on any atom is -0.404 e. The van der Waals surface area contributed by atoms with Crippen LogP contribution in [0.25, 0.3) is 0 Å². The molecule has 1 rings (SSSR count). The van der Waals surface area contributed by atoms with Gasteiger partial charge in [0.2, 0.25) is 0 Å². The van der Waals surface area contributed by atoms with E-state index in [1.807, 2.05) is 0 Å². The molecule has 90 valence electrons. The van der Waals surface area contributed by atoms with Crippen LogP contribution in [0, 0.1) is 0 Å². The van der Waals surface area contributed by atoms with Crippen LogP contribution < -0.4 is 4.52 Å². The van der Waals surface area contributed by atoms with Crippen molar-refractivity contribution in [1.29, 1.82) is 0 Å². The van der Waals surface area contributed by atoms with Crippen molar-refractivity contribution >= 4 is 7.82 Å². The van der Waals surface area contributed by atoms with Gasteiger partial charge < -0.3 is 14.7 Å². The number of aliphatic hydroxyl groups excluding tert-OH is 2. The van der Waals surface area contributed by atoms with Gasteiger partial charge in [-0.1, -0.05) is 12.1 Å². The van der Waals surface area contributed by atoms with Crippen LogP contribution in [0.15, 0.2) is 24.3 Å². The molecule has 7 heteroatoms. The maximum absolute atomic E-state index is 10.5. The van der Waals surface area contributed by atoms with E-state index >= 15 is 0 Å². The van der Waals surface area contributed by atoms with Gasteiger partial charge in [-0.15, -0.1) is 0 Å². The number of hydrogen-bond acceptors (Lipinski definition) is 4. The molecule has 1 aromatic rings. The van der Waals surface area contributed by atoms with Gasteiger partial charge in [-0.05, 0) is 17.7 Å². The van der Waals surface area contributed by atoms with Gasteiger partial charge in [0.05, 0.1) is 12.7 Å². The van der Waals surface area contributed by atoms with Crippen molar-refractivity contribution in [3.63, 3.8) is 0 Å². The molecule has 0 fully saturated rings. The van der Waals surface area contributed by atoms with Crippen LogP contribution in [0.1, 0.15) is 5.56 Å². The normalized spacial score (nSPS) is 13.5. The molecule has 0 heterocycles. The van der Waals surface area contributed by atoms with Crippen LogP contribution in [0.5, 0.6) is 5.75 Å². The van der Waals surface area contributed by atoms with Gasteiger partial charge >= 0.3 is 7.82 Å². The highest BCUT2D eigenvalue weighted by atomic mass is 31.2. The van der Waals surface area contributed by atoms with E-state index in [-0.39, 0.29) is 18.8 Å². The number of phosphoric acid groups is 1. The third-order valence-corrected chi connectivity index (χ3v) is 2.28. The van der Waals surface area contributed by atoms with Gasteiger partial charge in [0.25, 0.3) is 0 Å². The second-order valence-electron chi connectivity index (χ2n) is 3.27. The van der Waals surface area contributed by atoms with Crippen molar-refractivity contribution in [2.45, 2.75) is 12.5 Å². The van der Waals surface area contributed by atoms with Crippen molar-refractivity contribution in [3.05, 3.63) is 29.8 Å². The molecule has 0 saturated heterocycles. The lowest BCUT2D eigenvalue weighted by atomic mass is 10.1. The first-order valence-electron chi connectivity index (χ1n) is 4.54. The fraction of sp³-hybridized carbons (Fsp3) is 0.333. The Kier molecular flexibility index (Phi) is 4.46. The van der Waals surface area contributed by atoms with Crippen LogP contribution in [0.2, 0.25) is 0 Å². The van der Waals surface area contributed by atoms with Crippen molar-refractivity contribution in [2.75, 3.05) is 6.61 Å². The summed E-state index contributed by atoms with van der Waals surface area (Å²) in [4.78, 5) is 17.1. The first-order chi connectivity index (χ1) is 7.40. The Labute approximate surface area is 92.4 Å². The molecule has 4 N–H and O–H groups in total. The lowest BCUT2D eigenvalue weighted by Gasteiger charge is -2.09. The second-order valence-corrected chi connectivity index (χ2v) is 4.43. The quantitative estimate of drug-likeness (QED) is 0.548. The molecule has 0 spiro atoms. The summed E-state index contributed by atoms with van der Waals surface area (Å²) in [6.07, 6.45) is -0.569. The average Bonchev–Trinajstić information content (AvgIpc) is 2.18. The van der Waals surface area contributed by atoms with Crippen molar-refractivity contribution in [3.8, 4) is 5.75 Å². The van der Waals surface area contributed by atoms with Crippen molar-refractivity contribution < 1.29 is 29.1 Å². The van der Waals surface area contributed by atoms with Crippen LogP contribution in [0.4, 0.5) is 0 Å². The molecule has 0 amide bonds. The molecule has 0 saturated carbocycles. The Morgan fingerprint density at radius 1 is 1.25 bits per heavy atom. The maximum atomic E-state index is 10.5. The molecule has 1 unspecified atom stereocenters. The molecular weight excluding hydrogens is 235 g/mol. The zero-order valence-corrected chi connectivity index (χ0v) is 9.25. The summed E-state index contributed by atoms with van der Waals surface area (Å²) in [5.74, 6) is 0.0515. The van der Waals surface area contributed by atoms with E-state index < -0.39 is 13.9 Å². The summed E-state index contributed by atoms with van der Waals surface area (Å²) < 4.78 is 14.9. The number of phosphoric ester groups is 1. The van der Waals surface area contributed by atoms with Gasteiger partial charge in [0.15, 0.2) is 0 Å². The smallest absolute Gasteiger partial charge is 0.404 e. The Hall–Kier alpha value is -0.910. The summed E-state index contributed by atoms with van der Waals surface area (Å²) in [7, 11) is -4.53. The summed E-state index contributed by atoms with van der Waals surface area (Å²) in [6, 6.07) is 5.89. The predicted molar refractivity (Wildman–Crippen MR) is 55.9 cm³/mol. The molecule has 1 atom stereocenters. The Morgan fingerprint density at radius 2 is 1.81 bits per heavy atom. The van der Waals surface area contributed by atoms with E-state index in [1.54, 1.807) is 12.1 Å². The molecule has 1 aromatic carbocycles. The minimum absolute atomic E-state index is 0.0515.